The van der Waals surface area contributed by atoms with Gasteiger partial charge in [-0.25, -0.2) is 14.2 Å². The fourth-order valence-corrected chi connectivity index (χ4v) is 3.30. The molecule has 0 bridgehead atoms. The van der Waals surface area contributed by atoms with Gasteiger partial charge in [-0.15, -0.1) is 0 Å². The van der Waals surface area contributed by atoms with E-state index >= 15 is 0 Å². The predicted molar refractivity (Wildman–Crippen MR) is 123 cm³/mol. The lowest BCUT2D eigenvalue weighted by molar-refractivity contribution is -0.139. The molecular weight excluding hydrogens is 447 g/mol. The van der Waals surface area contributed by atoms with Crippen LogP contribution >= 0.6 is 7.82 Å². The molecule has 0 unspecified atom stereocenters. The second kappa shape index (κ2) is 12.0. The Bertz CT molecular complexity index is 960. The Hall–Kier alpha value is -3.35. The molecular formula is C24H27O8P. The second-order valence-electron chi connectivity index (χ2n) is 7.27. The van der Waals surface area contributed by atoms with Gasteiger partial charge in [0.2, 0.25) is 0 Å². The summed E-state index contributed by atoms with van der Waals surface area (Å²) in [5.74, 6) is -0.598. The molecule has 0 amide bonds. The first-order chi connectivity index (χ1) is 15.6. The summed E-state index contributed by atoms with van der Waals surface area (Å²) < 4.78 is 32.6. The van der Waals surface area contributed by atoms with Gasteiger partial charge in [-0.3, -0.25) is 4.89 Å². The minimum Gasteiger partial charge on any atom is -0.462 e. The van der Waals surface area contributed by atoms with Crippen LogP contribution < -0.4 is 9.05 Å². The van der Waals surface area contributed by atoms with Crippen LogP contribution in [0.3, 0.4) is 0 Å². The highest BCUT2D eigenvalue weighted by Crippen LogP contribution is 2.44. The van der Waals surface area contributed by atoms with E-state index in [9.17, 15) is 19.0 Å². The zero-order chi connectivity index (χ0) is 24.4. The average Bonchev–Trinajstić information content (AvgIpc) is 2.75. The highest BCUT2D eigenvalue weighted by atomic mass is 31.2. The Morgan fingerprint density at radius 1 is 0.758 bits per heavy atom. The number of rotatable bonds is 12. The monoisotopic (exact) mass is 474 g/mol. The van der Waals surface area contributed by atoms with E-state index in [1.54, 1.807) is 38.1 Å². The summed E-state index contributed by atoms with van der Waals surface area (Å²) in [4.78, 5) is 32.8. The number of phosphoric acid groups is 1. The fraction of sp³-hybridized carbons (Fsp3) is 0.250. The number of phosphoric ester groups is 1. The molecule has 8 nitrogen and oxygen atoms in total. The molecule has 0 aliphatic heterocycles. The van der Waals surface area contributed by atoms with Crippen molar-refractivity contribution in [2.75, 3.05) is 13.2 Å². The Kier molecular flexibility index (Phi) is 9.45. The fourth-order valence-electron chi connectivity index (χ4n) is 2.49. The molecule has 176 valence electrons. The SMILES string of the molecule is C=C(C)C(=O)OCCc1ccc(OP(=O)(O)Oc2ccc(CCOC(=O)C(=C)C)cc2)cc1. The normalized spacial score (nSPS) is 10.8. The summed E-state index contributed by atoms with van der Waals surface area (Å²) in [7, 11) is -4.42. The molecule has 0 atom stereocenters. The quantitative estimate of drug-likeness (QED) is 0.271. The van der Waals surface area contributed by atoms with Gasteiger partial charge in [-0.05, 0) is 49.2 Å². The standard InChI is InChI=1S/C24H27O8P/c1-17(2)23(25)29-15-13-19-5-9-21(10-6-19)31-33(27,28)32-22-11-7-20(8-12-22)14-16-30-24(26)18(3)4/h5-12H,1,3,13-16H2,2,4H3,(H,27,28). The Morgan fingerprint density at radius 2 is 1.09 bits per heavy atom. The Morgan fingerprint density at radius 3 is 1.39 bits per heavy atom. The van der Waals surface area contributed by atoms with Crippen LogP contribution in [0.15, 0.2) is 72.8 Å². The second-order valence-corrected chi connectivity index (χ2v) is 8.57. The number of hydrogen-bond acceptors (Lipinski definition) is 7. The minimum absolute atomic E-state index is 0.152. The Labute approximate surface area is 193 Å². The van der Waals surface area contributed by atoms with E-state index in [-0.39, 0.29) is 24.7 Å². The summed E-state index contributed by atoms with van der Waals surface area (Å²) in [5, 5.41) is 0. The first kappa shape index (κ1) is 25.9. The van der Waals surface area contributed by atoms with Crippen LogP contribution in [-0.2, 0) is 36.5 Å². The van der Waals surface area contributed by atoms with E-state index < -0.39 is 19.8 Å². The third-order valence-electron chi connectivity index (χ3n) is 4.23. The Balaban J connectivity index is 1.83. The van der Waals surface area contributed by atoms with Crippen molar-refractivity contribution in [3.8, 4) is 11.5 Å². The first-order valence-electron chi connectivity index (χ1n) is 10.1. The lowest BCUT2D eigenvalue weighted by Gasteiger charge is -2.14. The molecule has 2 aromatic carbocycles. The summed E-state index contributed by atoms with van der Waals surface area (Å²) in [6.07, 6.45) is 0.955. The van der Waals surface area contributed by atoms with E-state index in [2.05, 4.69) is 13.2 Å². The van der Waals surface area contributed by atoms with Crippen molar-refractivity contribution in [1.82, 2.24) is 0 Å². The molecule has 0 aliphatic rings. The summed E-state index contributed by atoms with van der Waals surface area (Å²) >= 11 is 0. The molecule has 0 saturated carbocycles. The van der Waals surface area contributed by atoms with Crippen molar-refractivity contribution in [1.29, 1.82) is 0 Å². The number of carbonyl (C=O) groups is 2. The molecule has 0 aromatic heterocycles. The third-order valence-corrected chi connectivity index (χ3v) is 5.12. The van der Waals surface area contributed by atoms with Crippen molar-refractivity contribution in [2.24, 2.45) is 0 Å². The summed E-state index contributed by atoms with van der Waals surface area (Å²) in [6, 6.07) is 12.9. The van der Waals surface area contributed by atoms with Crippen LogP contribution in [0.4, 0.5) is 0 Å². The molecule has 2 rings (SSSR count). The molecule has 0 heterocycles. The number of benzene rings is 2. The van der Waals surface area contributed by atoms with Crippen LogP contribution in [0.5, 0.6) is 11.5 Å². The average molecular weight is 474 g/mol. The van der Waals surface area contributed by atoms with E-state index in [4.69, 9.17) is 18.5 Å². The third kappa shape index (κ3) is 9.35. The number of hydrogen-bond donors (Lipinski definition) is 1. The van der Waals surface area contributed by atoms with Crippen molar-refractivity contribution in [2.45, 2.75) is 26.7 Å². The molecule has 2 aromatic rings. The van der Waals surface area contributed by atoms with Gasteiger partial charge in [-0.1, -0.05) is 37.4 Å². The van der Waals surface area contributed by atoms with Crippen LogP contribution in [0.2, 0.25) is 0 Å². The lowest BCUT2D eigenvalue weighted by Crippen LogP contribution is -2.08. The summed E-state index contributed by atoms with van der Waals surface area (Å²) in [6.45, 7) is 10.6. The molecule has 0 aliphatic carbocycles. The number of ether oxygens (including phenoxy) is 2. The van der Waals surface area contributed by atoms with Gasteiger partial charge in [0.25, 0.3) is 0 Å². The van der Waals surface area contributed by atoms with E-state index in [0.29, 0.717) is 24.0 Å². The number of carbonyl (C=O) groups excluding carboxylic acids is 2. The largest absolute Gasteiger partial charge is 0.584 e. The van der Waals surface area contributed by atoms with E-state index in [1.807, 2.05) is 0 Å². The maximum atomic E-state index is 12.3. The van der Waals surface area contributed by atoms with Crippen molar-refractivity contribution >= 4 is 19.8 Å². The minimum atomic E-state index is -4.42. The lowest BCUT2D eigenvalue weighted by atomic mass is 10.1. The highest BCUT2D eigenvalue weighted by molar-refractivity contribution is 7.48. The molecule has 0 fully saturated rings. The predicted octanol–water partition coefficient (Wildman–Crippen LogP) is 4.57. The topological polar surface area (TPSA) is 108 Å². The van der Waals surface area contributed by atoms with Gasteiger partial charge >= 0.3 is 19.8 Å². The molecule has 1 N–H and O–H groups in total. The molecule has 0 saturated heterocycles. The molecule has 0 spiro atoms. The van der Waals surface area contributed by atoms with Gasteiger partial charge < -0.3 is 18.5 Å². The zero-order valence-electron chi connectivity index (χ0n) is 18.6. The van der Waals surface area contributed by atoms with Gasteiger partial charge in [-0.2, -0.15) is 0 Å². The molecule has 33 heavy (non-hydrogen) atoms. The van der Waals surface area contributed by atoms with Gasteiger partial charge in [0.1, 0.15) is 11.5 Å². The van der Waals surface area contributed by atoms with Gasteiger partial charge in [0.15, 0.2) is 0 Å². The van der Waals surface area contributed by atoms with Crippen molar-refractivity contribution in [3.05, 3.63) is 84.0 Å². The van der Waals surface area contributed by atoms with Crippen molar-refractivity contribution < 1.29 is 37.6 Å². The van der Waals surface area contributed by atoms with Crippen LogP contribution in [0.25, 0.3) is 0 Å². The molecule has 0 radical (unpaired) electrons. The van der Waals surface area contributed by atoms with Gasteiger partial charge in [0.05, 0.1) is 13.2 Å². The maximum Gasteiger partial charge on any atom is 0.584 e. The van der Waals surface area contributed by atoms with Crippen LogP contribution in [0.1, 0.15) is 25.0 Å². The van der Waals surface area contributed by atoms with Crippen LogP contribution in [0, 0.1) is 0 Å². The zero-order valence-corrected chi connectivity index (χ0v) is 19.5. The number of esters is 2. The van der Waals surface area contributed by atoms with Gasteiger partial charge in [0, 0.05) is 24.0 Å². The maximum absolute atomic E-state index is 12.3. The van der Waals surface area contributed by atoms with Crippen molar-refractivity contribution in [3.63, 3.8) is 0 Å². The first-order valence-corrected chi connectivity index (χ1v) is 11.6. The smallest absolute Gasteiger partial charge is 0.462 e. The van der Waals surface area contributed by atoms with Crippen LogP contribution in [-0.4, -0.2) is 30.0 Å². The van der Waals surface area contributed by atoms with E-state index in [1.165, 1.54) is 24.3 Å². The van der Waals surface area contributed by atoms with E-state index in [0.717, 1.165) is 11.1 Å². The molecule has 9 heteroatoms. The summed E-state index contributed by atoms with van der Waals surface area (Å²) in [5.41, 5.74) is 2.37. The highest BCUT2D eigenvalue weighted by Gasteiger charge is 2.25.